The van der Waals surface area contributed by atoms with Crippen LogP contribution in [-0.4, -0.2) is 29.7 Å². The van der Waals surface area contributed by atoms with Gasteiger partial charge in [-0.15, -0.1) is 0 Å². The minimum absolute atomic E-state index is 0.0884. The maximum absolute atomic E-state index is 13.4. The van der Waals surface area contributed by atoms with Crippen LogP contribution in [0, 0.1) is 18.8 Å². The van der Waals surface area contributed by atoms with Crippen molar-refractivity contribution < 1.29 is 14.4 Å². The number of aryl methyl sites for hydroxylation is 1. The predicted octanol–water partition coefficient (Wildman–Crippen LogP) is 2.97. The van der Waals surface area contributed by atoms with Gasteiger partial charge in [0.25, 0.3) is 0 Å². The fourth-order valence-electron chi connectivity index (χ4n) is 4.92. The van der Waals surface area contributed by atoms with Gasteiger partial charge in [0.15, 0.2) is 5.78 Å². The lowest BCUT2D eigenvalue weighted by atomic mass is 9.88. The first-order valence-electron chi connectivity index (χ1n) is 9.49. The van der Waals surface area contributed by atoms with Crippen LogP contribution in [0.2, 0.25) is 0 Å². The number of anilines is 2. The van der Waals surface area contributed by atoms with Gasteiger partial charge in [0.2, 0.25) is 11.8 Å². The fourth-order valence-corrected chi connectivity index (χ4v) is 4.92. The van der Waals surface area contributed by atoms with E-state index in [0.717, 1.165) is 16.8 Å². The zero-order valence-corrected chi connectivity index (χ0v) is 15.7. The summed E-state index contributed by atoms with van der Waals surface area (Å²) in [5, 5.41) is 0. The molecule has 0 spiro atoms. The SMILES string of the molecule is CC(=O)[C@@H]1[C@@H]2C(=O)N(c3ccc(C)cc3)C(=O)[C@H]2[C@H]2C=Cc3ccccc3N21. The van der Waals surface area contributed by atoms with Crippen molar-refractivity contribution in [3.05, 3.63) is 65.7 Å². The van der Waals surface area contributed by atoms with Gasteiger partial charge in [0.1, 0.15) is 6.04 Å². The van der Waals surface area contributed by atoms with E-state index in [1.54, 1.807) is 12.1 Å². The first kappa shape index (κ1) is 16.9. The van der Waals surface area contributed by atoms with Crippen molar-refractivity contribution in [2.75, 3.05) is 9.80 Å². The van der Waals surface area contributed by atoms with Gasteiger partial charge >= 0.3 is 0 Å². The lowest BCUT2D eigenvalue weighted by molar-refractivity contribution is -0.126. The molecule has 0 saturated carbocycles. The van der Waals surface area contributed by atoms with Gasteiger partial charge in [-0.2, -0.15) is 0 Å². The molecule has 0 unspecified atom stereocenters. The van der Waals surface area contributed by atoms with Crippen LogP contribution in [0.5, 0.6) is 0 Å². The molecule has 140 valence electrons. The van der Waals surface area contributed by atoms with Gasteiger partial charge in [-0.1, -0.05) is 48.0 Å². The zero-order chi connectivity index (χ0) is 19.6. The summed E-state index contributed by atoms with van der Waals surface area (Å²) in [6.45, 7) is 3.47. The number of nitrogens with zero attached hydrogens (tertiary/aromatic N) is 2. The van der Waals surface area contributed by atoms with Crippen molar-refractivity contribution in [2.45, 2.75) is 25.9 Å². The van der Waals surface area contributed by atoms with Crippen LogP contribution in [0.15, 0.2) is 54.6 Å². The Morgan fingerprint density at radius 2 is 1.61 bits per heavy atom. The Hall–Kier alpha value is -3.21. The molecule has 0 bridgehead atoms. The molecule has 0 aliphatic carbocycles. The topological polar surface area (TPSA) is 57.7 Å². The second-order valence-electron chi connectivity index (χ2n) is 7.77. The van der Waals surface area contributed by atoms with E-state index in [9.17, 15) is 14.4 Å². The molecular weight excluding hydrogens is 352 g/mol. The van der Waals surface area contributed by atoms with Crippen molar-refractivity contribution in [3.8, 4) is 0 Å². The van der Waals surface area contributed by atoms with Gasteiger partial charge in [0.05, 0.1) is 23.6 Å². The number of carbonyl (C=O) groups excluding carboxylic acids is 3. The first-order valence-corrected chi connectivity index (χ1v) is 9.49. The van der Waals surface area contributed by atoms with Crippen LogP contribution in [0.25, 0.3) is 6.08 Å². The van der Waals surface area contributed by atoms with Crippen LogP contribution in [0.4, 0.5) is 11.4 Å². The lowest BCUT2D eigenvalue weighted by Gasteiger charge is -2.36. The van der Waals surface area contributed by atoms with Crippen LogP contribution in [-0.2, 0) is 14.4 Å². The molecule has 3 aliphatic heterocycles. The van der Waals surface area contributed by atoms with E-state index in [2.05, 4.69) is 0 Å². The average Bonchev–Trinajstić information content (AvgIpc) is 3.16. The molecule has 5 nitrogen and oxygen atoms in total. The highest BCUT2D eigenvalue weighted by Gasteiger charge is 2.63. The van der Waals surface area contributed by atoms with E-state index in [1.807, 2.05) is 60.4 Å². The molecule has 0 N–H and O–H groups in total. The van der Waals surface area contributed by atoms with E-state index in [-0.39, 0.29) is 23.6 Å². The molecule has 5 heteroatoms. The van der Waals surface area contributed by atoms with Gasteiger partial charge in [-0.05, 0) is 37.6 Å². The number of amides is 2. The summed E-state index contributed by atoms with van der Waals surface area (Å²) in [4.78, 5) is 42.6. The molecule has 28 heavy (non-hydrogen) atoms. The zero-order valence-electron chi connectivity index (χ0n) is 15.7. The van der Waals surface area contributed by atoms with Crippen LogP contribution in [0.1, 0.15) is 18.1 Å². The van der Waals surface area contributed by atoms with Crippen molar-refractivity contribution in [1.29, 1.82) is 0 Å². The molecule has 2 aromatic carbocycles. The van der Waals surface area contributed by atoms with Gasteiger partial charge < -0.3 is 4.90 Å². The maximum atomic E-state index is 13.4. The number of benzene rings is 2. The number of Topliss-reactive ketones (excluding diaryl/α,β-unsaturated/α-hetero) is 1. The molecule has 2 amide bonds. The summed E-state index contributed by atoms with van der Waals surface area (Å²) < 4.78 is 0. The van der Waals surface area contributed by atoms with Gasteiger partial charge in [-0.3, -0.25) is 14.4 Å². The number of hydrogen-bond donors (Lipinski definition) is 0. The normalized spacial score (nSPS) is 27.6. The molecule has 2 aromatic rings. The van der Waals surface area contributed by atoms with E-state index < -0.39 is 17.9 Å². The van der Waals surface area contributed by atoms with E-state index >= 15 is 0 Å². The Bertz CT molecular complexity index is 1040. The van der Waals surface area contributed by atoms with Crippen LogP contribution >= 0.6 is 0 Å². The summed E-state index contributed by atoms with van der Waals surface area (Å²) in [6, 6.07) is 14.2. The first-order chi connectivity index (χ1) is 13.5. The Morgan fingerprint density at radius 1 is 0.929 bits per heavy atom. The molecule has 3 aliphatic rings. The van der Waals surface area contributed by atoms with Crippen molar-refractivity contribution in [3.63, 3.8) is 0 Å². The number of carbonyl (C=O) groups is 3. The van der Waals surface area contributed by atoms with E-state index in [1.165, 1.54) is 11.8 Å². The second-order valence-corrected chi connectivity index (χ2v) is 7.77. The van der Waals surface area contributed by atoms with Crippen molar-refractivity contribution in [2.24, 2.45) is 11.8 Å². The highest BCUT2D eigenvalue weighted by atomic mass is 16.2. The summed E-state index contributed by atoms with van der Waals surface area (Å²) in [6.07, 6.45) is 3.95. The third-order valence-corrected chi connectivity index (χ3v) is 6.12. The summed E-state index contributed by atoms with van der Waals surface area (Å²) in [7, 11) is 0. The van der Waals surface area contributed by atoms with Gasteiger partial charge in [0, 0.05) is 5.69 Å². The minimum Gasteiger partial charge on any atom is -0.353 e. The quantitative estimate of drug-likeness (QED) is 0.761. The molecule has 4 atom stereocenters. The average molecular weight is 372 g/mol. The molecular formula is C23H20N2O3. The number of fused-ring (bicyclic) bond motifs is 5. The van der Waals surface area contributed by atoms with E-state index in [4.69, 9.17) is 0 Å². The molecule has 0 aromatic heterocycles. The molecule has 2 fully saturated rings. The minimum atomic E-state index is -0.660. The largest absolute Gasteiger partial charge is 0.353 e. The van der Waals surface area contributed by atoms with Crippen LogP contribution in [0.3, 0.4) is 0 Å². The number of imide groups is 1. The van der Waals surface area contributed by atoms with Crippen LogP contribution < -0.4 is 9.80 Å². The number of hydrogen-bond acceptors (Lipinski definition) is 4. The summed E-state index contributed by atoms with van der Waals surface area (Å²) in [5.74, 6) is -1.80. The second kappa shape index (κ2) is 5.89. The number of rotatable bonds is 2. The Morgan fingerprint density at radius 3 is 2.32 bits per heavy atom. The monoisotopic (exact) mass is 372 g/mol. The fraction of sp³-hybridized carbons (Fsp3) is 0.261. The standard InChI is InChI=1S/C23H20N2O3/c1-13-7-10-16(11-8-13)24-22(27)19-18-12-9-15-5-3-4-6-17(15)25(18)21(14(2)26)20(19)23(24)28/h3-12,18-21H,1-2H3/t18-,19+,20-,21-/m1/s1. The Balaban J connectivity index is 1.62. The third-order valence-electron chi connectivity index (χ3n) is 6.12. The molecule has 0 radical (unpaired) electrons. The maximum Gasteiger partial charge on any atom is 0.240 e. The molecule has 5 rings (SSSR count). The number of ketones is 1. The smallest absolute Gasteiger partial charge is 0.240 e. The van der Waals surface area contributed by atoms with Crippen molar-refractivity contribution in [1.82, 2.24) is 0 Å². The van der Waals surface area contributed by atoms with Gasteiger partial charge in [-0.25, -0.2) is 4.90 Å². The highest BCUT2D eigenvalue weighted by molar-refractivity contribution is 6.24. The van der Waals surface area contributed by atoms with Crippen molar-refractivity contribution >= 4 is 35.0 Å². The lowest BCUT2D eigenvalue weighted by Crippen LogP contribution is -2.48. The van der Waals surface area contributed by atoms with E-state index in [0.29, 0.717) is 5.69 Å². The Labute approximate surface area is 163 Å². The predicted molar refractivity (Wildman–Crippen MR) is 107 cm³/mol. The Kier molecular flexibility index (Phi) is 3.56. The summed E-state index contributed by atoms with van der Waals surface area (Å²) in [5.41, 5.74) is 3.54. The molecule has 3 heterocycles. The third kappa shape index (κ3) is 2.16. The highest BCUT2D eigenvalue weighted by Crippen LogP contribution is 2.49. The number of para-hydroxylation sites is 1. The molecule has 2 saturated heterocycles. The summed E-state index contributed by atoms with van der Waals surface area (Å²) >= 11 is 0.